The molecule has 0 saturated heterocycles. The second-order valence-corrected chi connectivity index (χ2v) is 6.85. The van der Waals surface area contributed by atoms with E-state index in [9.17, 15) is 9.59 Å². The average Bonchev–Trinajstić information content (AvgIpc) is 2.67. The monoisotopic (exact) mass is 364 g/mol. The normalized spacial score (nSPS) is 12.1. The van der Waals surface area contributed by atoms with Gasteiger partial charge in [0.25, 0.3) is 5.56 Å². The molecular formula is C22H24N2O3. The minimum atomic E-state index is -0.260. The number of fused-ring (bicyclic) bond motifs is 1. The molecule has 1 atom stereocenters. The molecular weight excluding hydrogens is 340 g/mol. The molecule has 0 bridgehead atoms. The lowest BCUT2D eigenvalue weighted by Crippen LogP contribution is -2.18. The molecule has 0 aliphatic carbocycles. The van der Waals surface area contributed by atoms with Crippen molar-refractivity contribution in [3.8, 4) is 0 Å². The second kappa shape index (κ2) is 8.62. The van der Waals surface area contributed by atoms with Gasteiger partial charge in [0, 0.05) is 18.7 Å². The molecule has 0 fully saturated rings. The van der Waals surface area contributed by atoms with Crippen LogP contribution in [0.2, 0.25) is 0 Å². The number of ether oxygens (including phenoxy) is 1. The summed E-state index contributed by atoms with van der Waals surface area (Å²) in [5, 5.41) is 0. The Kier molecular flexibility index (Phi) is 6.01. The Bertz CT molecular complexity index is 980. The Morgan fingerprint density at radius 1 is 1.19 bits per heavy atom. The lowest BCUT2D eigenvalue weighted by Gasteiger charge is -2.14. The number of aromatic nitrogens is 2. The maximum Gasteiger partial charge on any atom is 0.306 e. The van der Waals surface area contributed by atoms with Gasteiger partial charge in [0.1, 0.15) is 12.3 Å². The number of rotatable bonds is 7. The van der Waals surface area contributed by atoms with Crippen LogP contribution in [0.1, 0.15) is 36.6 Å². The van der Waals surface area contributed by atoms with E-state index in [4.69, 9.17) is 4.74 Å². The molecule has 1 aromatic carbocycles. The van der Waals surface area contributed by atoms with Crippen LogP contribution in [0.4, 0.5) is 0 Å². The van der Waals surface area contributed by atoms with Crippen LogP contribution in [-0.4, -0.2) is 15.4 Å². The van der Waals surface area contributed by atoms with Crippen molar-refractivity contribution < 1.29 is 9.53 Å². The smallest absolute Gasteiger partial charge is 0.306 e. The Morgan fingerprint density at radius 3 is 2.70 bits per heavy atom. The summed E-state index contributed by atoms with van der Waals surface area (Å²) >= 11 is 0. The molecule has 5 heteroatoms. The van der Waals surface area contributed by atoms with Crippen molar-refractivity contribution in [1.29, 1.82) is 0 Å². The molecule has 2 heterocycles. The van der Waals surface area contributed by atoms with Crippen molar-refractivity contribution in [2.75, 3.05) is 0 Å². The van der Waals surface area contributed by atoms with Crippen molar-refractivity contribution in [1.82, 2.24) is 9.38 Å². The fourth-order valence-corrected chi connectivity index (χ4v) is 3.09. The van der Waals surface area contributed by atoms with E-state index in [1.807, 2.05) is 31.2 Å². The summed E-state index contributed by atoms with van der Waals surface area (Å²) in [5.74, 6) is -0.0262. The first-order valence-electron chi connectivity index (χ1n) is 9.23. The van der Waals surface area contributed by atoms with Gasteiger partial charge in [-0.05, 0) is 36.5 Å². The fourth-order valence-electron chi connectivity index (χ4n) is 3.09. The number of nitrogens with zero attached hydrogens (tertiary/aromatic N) is 2. The predicted molar refractivity (Wildman–Crippen MR) is 105 cm³/mol. The van der Waals surface area contributed by atoms with Gasteiger partial charge in [-0.25, -0.2) is 4.98 Å². The van der Waals surface area contributed by atoms with Gasteiger partial charge in [0.2, 0.25) is 0 Å². The lowest BCUT2D eigenvalue weighted by molar-refractivity contribution is -0.146. The van der Waals surface area contributed by atoms with E-state index in [2.05, 4.69) is 24.0 Å². The number of hydrogen-bond acceptors (Lipinski definition) is 4. The molecule has 0 N–H and O–H groups in total. The molecule has 0 aliphatic rings. The van der Waals surface area contributed by atoms with Gasteiger partial charge >= 0.3 is 5.97 Å². The number of benzene rings is 1. The van der Waals surface area contributed by atoms with Crippen LogP contribution in [0.3, 0.4) is 0 Å². The van der Waals surface area contributed by atoms with Gasteiger partial charge in [0.05, 0.1) is 5.69 Å². The molecule has 5 nitrogen and oxygen atoms in total. The third kappa shape index (κ3) is 5.03. The SMILES string of the molecule is CCC(CC(=O)OCc1cc(=O)n2cc(C)ccc2n1)Cc1ccccc1. The van der Waals surface area contributed by atoms with Gasteiger partial charge in [-0.15, -0.1) is 0 Å². The Hall–Kier alpha value is -2.95. The predicted octanol–water partition coefficient (Wildman–Crippen LogP) is 3.71. The number of carbonyl (C=O) groups is 1. The zero-order chi connectivity index (χ0) is 19.2. The highest BCUT2D eigenvalue weighted by atomic mass is 16.5. The lowest BCUT2D eigenvalue weighted by atomic mass is 9.94. The quantitative estimate of drug-likeness (QED) is 0.600. The first-order chi connectivity index (χ1) is 13.0. The number of pyridine rings is 1. The Morgan fingerprint density at radius 2 is 1.96 bits per heavy atom. The van der Waals surface area contributed by atoms with Crippen molar-refractivity contribution in [3.05, 3.63) is 81.9 Å². The highest BCUT2D eigenvalue weighted by molar-refractivity contribution is 5.69. The van der Waals surface area contributed by atoms with Crippen molar-refractivity contribution in [2.45, 2.75) is 39.7 Å². The maximum atomic E-state index is 12.2. The van der Waals surface area contributed by atoms with Gasteiger partial charge in [-0.1, -0.05) is 49.7 Å². The standard InChI is InChI=1S/C22H24N2O3/c1-3-17(11-18-7-5-4-6-8-18)12-22(26)27-15-19-13-21(25)24-14-16(2)9-10-20(24)23-19/h4-10,13-14,17H,3,11-12,15H2,1-2H3. The van der Waals surface area contributed by atoms with E-state index in [1.165, 1.54) is 16.0 Å². The van der Waals surface area contributed by atoms with Crippen LogP contribution >= 0.6 is 0 Å². The summed E-state index contributed by atoms with van der Waals surface area (Å²) in [6, 6.07) is 15.2. The van der Waals surface area contributed by atoms with Crippen LogP contribution in [-0.2, 0) is 22.6 Å². The van der Waals surface area contributed by atoms with Crippen LogP contribution in [0.5, 0.6) is 0 Å². The van der Waals surface area contributed by atoms with Gasteiger partial charge in [-0.2, -0.15) is 0 Å². The van der Waals surface area contributed by atoms with E-state index >= 15 is 0 Å². The summed E-state index contributed by atoms with van der Waals surface area (Å²) in [4.78, 5) is 28.8. The summed E-state index contributed by atoms with van der Waals surface area (Å²) < 4.78 is 6.87. The third-order valence-corrected chi connectivity index (χ3v) is 4.64. The minimum absolute atomic E-state index is 0.0141. The highest BCUT2D eigenvalue weighted by Crippen LogP contribution is 2.17. The summed E-state index contributed by atoms with van der Waals surface area (Å²) in [6.07, 6.45) is 3.85. The molecule has 2 aromatic heterocycles. The van der Waals surface area contributed by atoms with Crippen molar-refractivity contribution in [3.63, 3.8) is 0 Å². The second-order valence-electron chi connectivity index (χ2n) is 6.85. The summed E-state index contributed by atoms with van der Waals surface area (Å²) in [6.45, 7) is 4.01. The molecule has 0 spiro atoms. The van der Waals surface area contributed by atoms with Crippen LogP contribution in [0.15, 0.2) is 59.5 Å². The average molecular weight is 364 g/mol. The molecule has 0 aliphatic heterocycles. The van der Waals surface area contributed by atoms with E-state index in [0.717, 1.165) is 18.4 Å². The molecule has 0 amide bonds. The Balaban J connectivity index is 1.60. The van der Waals surface area contributed by atoms with Gasteiger partial charge in [-0.3, -0.25) is 14.0 Å². The fraction of sp³-hybridized carbons (Fsp3) is 0.318. The molecule has 1 unspecified atom stereocenters. The third-order valence-electron chi connectivity index (χ3n) is 4.64. The van der Waals surface area contributed by atoms with E-state index < -0.39 is 0 Å². The summed E-state index contributed by atoms with van der Waals surface area (Å²) in [5.41, 5.74) is 3.04. The number of hydrogen-bond donors (Lipinski definition) is 0. The number of aryl methyl sites for hydroxylation is 1. The molecule has 3 rings (SSSR count). The Labute approximate surface area is 158 Å². The van der Waals surface area contributed by atoms with Gasteiger partial charge in [0.15, 0.2) is 0 Å². The van der Waals surface area contributed by atoms with E-state index in [-0.39, 0.29) is 24.1 Å². The molecule has 0 saturated carbocycles. The zero-order valence-electron chi connectivity index (χ0n) is 15.7. The number of esters is 1. The molecule has 3 aromatic rings. The molecule has 27 heavy (non-hydrogen) atoms. The zero-order valence-corrected chi connectivity index (χ0v) is 15.7. The molecule has 140 valence electrons. The van der Waals surface area contributed by atoms with Crippen LogP contribution in [0, 0.1) is 12.8 Å². The van der Waals surface area contributed by atoms with Crippen LogP contribution < -0.4 is 5.56 Å². The van der Waals surface area contributed by atoms with E-state index in [0.29, 0.717) is 17.8 Å². The van der Waals surface area contributed by atoms with E-state index in [1.54, 1.807) is 12.3 Å². The largest absolute Gasteiger partial charge is 0.459 e. The summed E-state index contributed by atoms with van der Waals surface area (Å²) in [7, 11) is 0. The van der Waals surface area contributed by atoms with Crippen molar-refractivity contribution in [2.24, 2.45) is 5.92 Å². The minimum Gasteiger partial charge on any atom is -0.459 e. The van der Waals surface area contributed by atoms with Crippen LogP contribution in [0.25, 0.3) is 5.65 Å². The first-order valence-corrected chi connectivity index (χ1v) is 9.23. The molecule has 0 radical (unpaired) electrons. The van der Waals surface area contributed by atoms with Gasteiger partial charge < -0.3 is 4.74 Å². The maximum absolute atomic E-state index is 12.2. The first kappa shape index (κ1) is 18.8. The number of carbonyl (C=O) groups excluding carboxylic acids is 1. The van der Waals surface area contributed by atoms with Crippen molar-refractivity contribution >= 4 is 11.6 Å². The highest BCUT2D eigenvalue weighted by Gasteiger charge is 2.15. The topological polar surface area (TPSA) is 60.7 Å².